The molecule has 7 nitrogen and oxygen atoms in total. The average Bonchev–Trinajstić information content (AvgIpc) is 3.38. The van der Waals surface area contributed by atoms with Crippen molar-refractivity contribution in [1.29, 1.82) is 0 Å². The molecule has 2 aromatic heterocycles. The van der Waals surface area contributed by atoms with E-state index >= 15 is 0 Å². The van der Waals surface area contributed by atoms with Gasteiger partial charge < -0.3 is 14.1 Å². The monoisotopic (exact) mass is 510 g/mol. The third-order valence-electron chi connectivity index (χ3n) is 6.12. The van der Waals surface area contributed by atoms with E-state index in [1.165, 1.54) is 11.1 Å². The Balaban J connectivity index is 1.80. The summed E-state index contributed by atoms with van der Waals surface area (Å²) < 4.78 is 12.2. The highest BCUT2D eigenvalue weighted by atomic mass is 35.5. The minimum Gasteiger partial charge on any atom is -0.444 e. The van der Waals surface area contributed by atoms with Crippen LogP contribution >= 0.6 is 23.2 Å². The molecule has 0 saturated carbocycles. The van der Waals surface area contributed by atoms with Gasteiger partial charge in [-0.25, -0.2) is 4.98 Å². The molecule has 0 fully saturated rings. The van der Waals surface area contributed by atoms with Crippen LogP contribution in [0.3, 0.4) is 0 Å². The SMILES string of the molecule is COCCN1CCCc2c(-c3cc(C)cc(-c4cnco4)c3)nn(-c3c(Cl)cccc3Cl)c(=O)c21. The number of para-hydroxylation sites is 1. The van der Waals surface area contributed by atoms with Crippen molar-refractivity contribution < 1.29 is 9.15 Å². The summed E-state index contributed by atoms with van der Waals surface area (Å²) in [6, 6.07) is 11.2. The zero-order valence-electron chi connectivity index (χ0n) is 19.4. The molecule has 0 atom stereocenters. The van der Waals surface area contributed by atoms with E-state index in [1.807, 2.05) is 19.1 Å². The first kappa shape index (κ1) is 23.6. The predicted octanol–water partition coefficient (Wildman–Crippen LogP) is 5.57. The zero-order valence-corrected chi connectivity index (χ0v) is 20.9. The smallest absolute Gasteiger partial charge is 0.295 e. The van der Waals surface area contributed by atoms with Gasteiger partial charge in [-0.3, -0.25) is 4.79 Å². The van der Waals surface area contributed by atoms with Crippen molar-refractivity contribution in [3.05, 3.63) is 80.5 Å². The van der Waals surface area contributed by atoms with Gasteiger partial charge in [0.1, 0.15) is 11.4 Å². The molecule has 0 saturated heterocycles. The van der Waals surface area contributed by atoms with Crippen LogP contribution in [0.15, 0.2) is 58.2 Å². The molecule has 4 aromatic rings. The van der Waals surface area contributed by atoms with Crippen LogP contribution in [0.4, 0.5) is 5.69 Å². The van der Waals surface area contributed by atoms with Gasteiger partial charge in [-0.15, -0.1) is 0 Å². The van der Waals surface area contributed by atoms with Crippen molar-refractivity contribution in [3.8, 4) is 28.3 Å². The van der Waals surface area contributed by atoms with E-state index in [9.17, 15) is 4.79 Å². The van der Waals surface area contributed by atoms with Crippen molar-refractivity contribution in [1.82, 2.24) is 14.8 Å². The van der Waals surface area contributed by atoms with Gasteiger partial charge in [0.15, 0.2) is 12.2 Å². The van der Waals surface area contributed by atoms with Gasteiger partial charge in [0.2, 0.25) is 0 Å². The molecule has 0 aliphatic carbocycles. The summed E-state index contributed by atoms with van der Waals surface area (Å²) in [5.74, 6) is 0.660. The Kier molecular flexibility index (Phi) is 6.65. The molecule has 5 rings (SSSR count). The molecule has 0 amide bonds. The molecule has 35 heavy (non-hydrogen) atoms. The summed E-state index contributed by atoms with van der Waals surface area (Å²) in [5.41, 5.74) is 5.13. The second-order valence-electron chi connectivity index (χ2n) is 8.50. The Labute approximate surface area is 212 Å². The highest BCUT2D eigenvalue weighted by molar-refractivity contribution is 6.37. The quantitative estimate of drug-likeness (QED) is 0.337. The number of hydrogen-bond acceptors (Lipinski definition) is 6. The molecule has 0 radical (unpaired) electrons. The molecule has 0 spiro atoms. The minimum atomic E-state index is -0.252. The number of nitrogens with zero attached hydrogens (tertiary/aromatic N) is 4. The normalized spacial score (nSPS) is 13.2. The van der Waals surface area contributed by atoms with E-state index in [0.29, 0.717) is 46.0 Å². The number of hydrogen-bond donors (Lipinski definition) is 0. The molecular formula is C26H24Cl2N4O3. The number of benzene rings is 2. The Morgan fingerprint density at radius 2 is 1.89 bits per heavy atom. The summed E-state index contributed by atoms with van der Waals surface area (Å²) in [7, 11) is 1.66. The second kappa shape index (κ2) is 9.85. The van der Waals surface area contributed by atoms with Gasteiger partial charge in [0.05, 0.1) is 28.5 Å². The molecule has 1 aliphatic heterocycles. The fraction of sp³-hybridized carbons (Fsp3) is 0.269. The number of rotatable bonds is 6. The first-order chi connectivity index (χ1) is 17.0. The number of methoxy groups -OCH3 is 1. The van der Waals surface area contributed by atoms with Gasteiger partial charge in [-0.2, -0.15) is 9.78 Å². The molecule has 9 heteroatoms. The summed E-state index contributed by atoms with van der Waals surface area (Å²) in [5, 5.41) is 5.56. The Hall–Kier alpha value is -3.13. The van der Waals surface area contributed by atoms with E-state index in [2.05, 4.69) is 16.0 Å². The van der Waals surface area contributed by atoms with Crippen molar-refractivity contribution in [3.63, 3.8) is 0 Å². The average molecular weight is 511 g/mol. The van der Waals surface area contributed by atoms with E-state index in [0.717, 1.165) is 41.6 Å². The number of ether oxygens (including phenoxy) is 1. The first-order valence-electron chi connectivity index (χ1n) is 11.3. The summed E-state index contributed by atoms with van der Waals surface area (Å²) in [6.45, 7) is 3.86. The number of oxazole rings is 1. The molecule has 180 valence electrons. The van der Waals surface area contributed by atoms with Crippen molar-refractivity contribution in [2.75, 3.05) is 31.7 Å². The van der Waals surface area contributed by atoms with E-state index < -0.39 is 0 Å². The van der Waals surface area contributed by atoms with Gasteiger partial charge in [0, 0.05) is 36.9 Å². The Morgan fingerprint density at radius 1 is 1.11 bits per heavy atom. The number of anilines is 1. The maximum Gasteiger partial charge on any atom is 0.295 e. The van der Waals surface area contributed by atoms with Crippen LogP contribution in [0.5, 0.6) is 0 Å². The maximum absolute atomic E-state index is 13.9. The Morgan fingerprint density at radius 3 is 2.60 bits per heavy atom. The predicted molar refractivity (Wildman–Crippen MR) is 138 cm³/mol. The Bertz CT molecular complexity index is 1410. The van der Waals surface area contributed by atoms with E-state index in [-0.39, 0.29) is 5.56 Å². The molecule has 3 heterocycles. The van der Waals surface area contributed by atoms with Crippen LogP contribution in [0.25, 0.3) is 28.3 Å². The highest BCUT2D eigenvalue weighted by Gasteiger charge is 2.28. The van der Waals surface area contributed by atoms with Crippen LogP contribution in [0, 0.1) is 6.92 Å². The fourth-order valence-electron chi connectivity index (χ4n) is 4.59. The van der Waals surface area contributed by atoms with Crippen LogP contribution < -0.4 is 10.5 Å². The standard InChI is InChI=1S/C26H24Cl2N4O3/c1-16-11-17(22-14-29-15-35-22)13-18(12-16)23-19-5-4-8-31(9-10-34-2)24(19)26(33)32(30-23)25-20(27)6-3-7-21(25)28/h3,6-7,11-15H,4-5,8-10H2,1-2H3. The van der Waals surface area contributed by atoms with Crippen LogP contribution in [0.2, 0.25) is 10.0 Å². The maximum atomic E-state index is 13.9. The van der Waals surface area contributed by atoms with Crippen molar-refractivity contribution in [2.24, 2.45) is 0 Å². The lowest BCUT2D eigenvalue weighted by molar-refractivity contribution is 0.204. The topological polar surface area (TPSA) is 73.4 Å². The molecular weight excluding hydrogens is 487 g/mol. The highest BCUT2D eigenvalue weighted by Crippen LogP contribution is 2.36. The second-order valence-corrected chi connectivity index (χ2v) is 9.31. The summed E-state index contributed by atoms with van der Waals surface area (Å²) in [4.78, 5) is 20.0. The molecule has 0 bridgehead atoms. The lowest BCUT2D eigenvalue weighted by Crippen LogP contribution is -2.40. The number of aryl methyl sites for hydroxylation is 1. The van der Waals surface area contributed by atoms with Crippen LogP contribution in [0.1, 0.15) is 17.5 Å². The molecule has 0 N–H and O–H groups in total. The summed E-state index contributed by atoms with van der Waals surface area (Å²) >= 11 is 13.0. The lowest BCUT2D eigenvalue weighted by atomic mass is 9.95. The molecule has 2 aromatic carbocycles. The van der Waals surface area contributed by atoms with Crippen molar-refractivity contribution >= 4 is 28.9 Å². The number of aromatic nitrogens is 3. The molecule has 1 aliphatic rings. The van der Waals surface area contributed by atoms with E-state index in [1.54, 1.807) is 31.5 Å². The van der Waals surface area contributed by atoms with Gasteiger partial charge in [0.25, 0.3) is 5.56 Å². The summed E-state index contributed by atoms with van der Waals surface area (Å²) in [6.07, 6.45) is 4.73. The fourth-order valence-corrected chi connectivity index (χ4v) is 5.15. The number of halogens is 2. The first-order valence-corrected chi connectivity index (χ1v) is 12.1. The van der Waals surface area contributed by atoms with Gasteiger partial charge in [-0.05, 0) is 55.7 Å². The van der Waals surface area contributed by atoms with Gasteiger partial charge in [-0.1, -0.05) is 29.3 Å². The van der Waals surface area contributed by atoms with Crippen LogP contribution in [-0.2, 0) is 11.2 Å². The number of fused-ring (bicyclic) bond motifs is 1. The third-order valence-corrected chi connectivity index (χ3v) is 6.73. The van der Waals surface area contributed by atoms with Crippen LogP contribution in [-0.4, -0.2) is 41.6 Å². The largest absolute Gasteiger partial charge is 0.444 e. The minimum absolute atomic E-state index is 0.252. The van der Waals surface area contributed by atoms with Crippen molar-refractivity contribution in [2.45, 2.75) is 19.8 Å². The zero-order chi connectivity index (χ0) is 24.5. The van der Waals surface area contributed by atoms with E-state index in [4.69, 9.17) is 37.5 Å². The lowest BCUT2D eigenvalue weighted by Gasteiger charge is -2.32. The van der Waals surface area contributed by atoms with Gasteiger partial charge >= 0.3 is 0 Å². The molecule has 0 unspecified atom stereocenters. The third kappa shape index (κ3) is 4.47.